The van der Waals surface area contributed by atoms with E-state index < -0.39 is 15.8 Å². The van der Waals surface area contributed by atoms with Gasteiger partial charge in [0.25, 0.3) is 0 Å². The number of aliphatic hydroxyl groups is 1. The number of rotatable bonds is 6. The van der Waals surface area contributed by atoms with Gasteiger partial charge in [-0.3, -0.25) is 0 Å². The third-order valence-corrected chi connectivity index (χ3v) is 5.81. The summed E-state index contributed by atoms with van der Waals surface area (Å²) in [7, 11) is -3.96. The van der Waals surface area contributed by atoms with Crippen molar-refractivity contribution in [2.24, 2.45) is 5.73 Å². The monoisotopic (exact) mass is 332 g/mol. The molecule has 2 rings (SSSR count). The van der Waals surface area contributed by atoms with Gasteiger partial charge in [0.15, 0.2) is 0 Å². The van der Waals surface area contributed by atoms with Crippen molar-refractivity contribution in [2.75, 3.05) is 13.2 Å². The van der Waals surface area contributed by atoms with Crippen LogP contribution in [-0.2, 0) is 10.0 Å². The largest absolute Gasteiger partial charge is 0.395 e. The number of halogens is 1. The van der Waals surface area contributed by atoms with Crippen molar-refractivity contribution in [3.05, 3.63) is 29.6 Å². The first-order valence-electron chi connectivity index (χ1n) is 6.60. The number of hydrogen-bond donors (Lipinski definition) is 2. The Morgan fingerprint density at radius 3 is 2.62 bits per heavy atom. The summed E-state index contributed by atoms with van der Waals surface area (Å²) in [6, 6.07) is 3.55. The van der Waals surface area contributed by atoms with Crippen LogP contribution in [0, 0.1) is 5.82 Å². The first-order valence-corrected chi connectivity index (χ1v) is 8.45. The molecule has 21 heavy (non-hydrogen) atoms. The lowest BCUT2D eigenvalue weighted by Crippen LogP contribution is -2.46. The molecule has 1 aliphatic rings. The quantitative estimate of drug-likeness (QED) is 0.759. The molecule has 1 aliphatic carbocycles. The van der Waals surface area contributed by atoms with Crippen LogP contribution in [-0.4, -0.2) is 42.0 Å². The molecule has 8 heteroatoms. The molecule has 0 aromatic heterocycles. The van der Waals surface area contributed by atoms with Crippen LogP contribution in [0.2, 0.25) is 0 Å². The third-order valence-electron chi connectivity index (χ3n) is 3.61. The van der Waals surface area contributed by atoms with Crippen LogP contribution < -0.4 is 5.73 Å². The van der Waals surface area contributed by atoms with E-state index >= 15 is 0 Å². The van der Waals surface area contributed by atoms with E-state index in [1.165, 1.54) is 16.4 Å². The number of thiocarbonyl (C=S) groups is 1. The summed E-state index contributed by atoms with van der Waals surface area (Å²) in [6.07, 6.45) is 2.40. The average Bonchev–Trinajstić information content (AvgIpc) is 2.35. The Morgan fingerprint density at radius 1 is 1.48 bits per heavy atom. The van der Waals surface area contributed by atoms with Crippen molar-refractivity contribution in [3.8, 4) is 0 Å². The standard InChI is InChI=1S/C13H17FN2O3S2/c14-10-5-2-6-11(12(10)13(15)20)21(18,19)16(7-8-17)9-3-1-4-9/h2,5-6,9,17H,1,3-4,7-8H2,(H2,15,20). The van der Waals surface area contributed by atoms with Gasteiger partial charge in [-0.05, 0) is 25.0 Å². The minimum absolute atomic E-state index is 0.0275. The molecule has 0 unspecified atom stereocenters. The third kappa shape index (κ3) is 3.08. The second-order valence-electron chi connectivity index (χ2n) is 4.90. The molecule has 0 spiro atoms. The normalized spacial score (nSPS) is 16.0. The van der Waals surface area contributed by atoms with Crippen molar-refractivity contribution in [3.63, 3.8) is 0 Å². The van der Waals surface area contributed by atoms with Crippen LogP contribution in [0.25, 0.3) is 0 Å². The molecule has 3 N–H and O–H groups in total. The Hall–Kier alpha value is -1.09. The van der Waals surface area contributed by atoms with Crippen LogP contribution in [0.5, 0.6) is 0 Å². The predicted molar refractivity (Wildman–Crippen MR) is 80.9 cm³/mol. The fraction of sp³-hybridized carbons (Fsp3) is 0.462. The van der Waals surface area contributed by atoms with Gasteiger partial charge in [-0.1, -0.05) is 24.7 Å². The highest BCUT2D eigenvalue weighted by Gasteiger charge is 2.36. The second kappa shape index (κ2) is 6.35. The highest BCUT2D eigenvalue weighted by Crippen LogP contribution is 2.31. The Morgan fingerprint density at radius 2 is 2.14 bits per heavy atom. The van der Waals surface area contributed by atoms with Gasteiger partial charge in [0, 0.05) is 12.6 Å². The number of aliphatic hydroxyl groups excluding tert-OH is 1. The Bertz CT molecular complexity index is 645. The van der Waals surface area contributed by atoms with E-state index in [2.05, 4.69) is 0 Å². The van der Waals surface area contributed by atoms with Crippen LogP contribution in [0.15, 0.2) is 23.1 Å². The van der Waals surface area contributed by atoms with Gasteiger partial charge in [-0.15, -0.1) is 0 Å². The zero-order valence-corrected chi connectivity index (χ0v) is 13.0. The molecule has 1 aromatic carbocycles. The van der Waals surface area contributed by atoms with Gasteiger partial charge in [0.05, 0.1) is 17.1 Å². The highest BCUT2D eigenvalue weighted by atomic mass is 32.2. The topological polar surface area (TPSA) is 83.6 Å². The van der Waals surface area contributed by atoms with Crippen LogP contribution in [0.3, 0.4) is 0 Å². The Kier molecular flexibility index (Phi) is 4.92. The van der Waals surface area contributed by atoms with Crippen molar-refractivity contribution in [1.29, 1.82) is 0 Å². The Labute approximate surface area is 128 Å². The van der Waals surface area contributed by atoms with E-state index in [1.807, 2.05) is 0 Å². The summed E-state index contributed by atoms with van der Waals surface area (Å²) in [5, 5.41) is 9.12. The molecule has 5 nitrogen and oxygen atoms in total. The summed E-state index contributed by atoms with van der Waals surface area (Å²) >= 11 is 4.77. The first kappa shape index (κ1) is 16.3. The second-order valence-corrected chi connectivity index (χ2v) is 7.20. The number of benzene rings is 1. The average molecular weight is 332 g/mol. The summed E-state index contributed by atoms with van der Waals surface area (Å²) in [6.45, 7) is -0.326. The molecule has 116 valence electrons. The molecule has 0 atom stereocenters. The summed E-state index contributed by atoms with van der Waals surface area (Å²) in [5.41, 5.74) is 5.20. The van der Waals surface area contributed by atoms with E-state index in [0.29, 0.717) is 0 Å². The minimum Gasteiger partial charge on any atom is -0.395 e. The van der Waals surface area contributed by atoms with E-state index in [4.69, 9.17) is 23.1 Å². The minimum atomic E-state index is -3.96. The molecule has 0 bridgehead atoms. The summed E-state index contributed by atoms with van der Waals surface area (Å²) in [5.74, 6) is -0.763. The predicted octanol–water partition coefficient (Wildman–Crippen LogP) is 0.995. The smallest absolute Gasteiger partial charge is 0.244 e. The molecule has 0 radical (unpaired) electrons. The van der Waals surface area contributed by atoms with Gasteiger partial charge < -0.3 is 10.8 Å². The Balaban J connectivity index is 2.52. The van der Waals surface area contributed by atoms with E-state index in [-0.39, 0.29) is 34.6 Å². The summed E-state index contributed by atoms with van der Waals surface area (Å²) in [4.78, 5) is -0.542. The molecule has 1 saturated carbocycles. The summed E-state index contributed by atoms with van der Waals surface area (Å²) < 4.78 is 40.6. The zero-order chi connectivity index (χ0) is 15.6. The van der Waals surface area contributed by atoms with Gasteiger partial charge >= 0.3 is 0 Å². The molecule has 1 fully saturated rings. The number of nitrogens with two attached hydrogens (primary N) is 1. The number of sulfonamides is 1. The van der Waals surface area contributed by atoms with Crippen LogP contribution in [0.1, 0.15) is 24.8 Å². The molecular weight excluding hydrogens is 315 g/mol. The lowest BCUT2D eigenvalue weighted by molar-refractivity contribution is 0.178. The van der Waals surface area contributed by atoms with Crippen molar-refractivity contribution in [2.45, 2.75) is 30.2 Å². The fourth-order valence-corrected chi connectivity index (χ4v) is 4.52. The van der Waals surface area contributed by atoms with E-state index in [9.17, 15) is 12.8 Å². The fourth-order valence-electron chi connectivity index (χ4n) is 2.36. The number of hydrogen-bond acceptors (Lipinski definition) is 4. The van der Waals surface area contributed by atoms with Crippen LogP contribution in [0.4, 0.5) is 4.39 Å². The number of nitrogens with zero attached hydrogens (tertiary/aromatic N) is 1. The maximum atomic E-state index is 13.9. The molecular formula is C13H17FN2O3S2. The zero-order valence-electron chi connectivity index (χ0n) is 11.3. The molecule has 1 aromatic rings. The lowest BCUT2D eigenvalue weighted by Gasteiger charge is -2.36. The van der Waals surface area contributed by atoms with Gasteiger partial charge in [-0.2, -0.15) is 4.31 Å². The van der Waals surface area contributed by atoms with Crippen molar-refractivity contribution < 1.29 is 17.9 Å². The molecule has 0 saturated heterocycles. The van der Waals surface area contributed by atoms with Crippen molar-refractivity contribution >= 4 is 27.2 Å². The maximum Gasteiger partial charge on any atom is 0.244 e. The van der Waals surface area contributed by atoms with E-state index in [1.54, 1.807) is 0 Å². The van der Waals surface area contributed by atoms with Crippen LogP contribution >= 0.6 is 12.2 Å². The maximum absolute atomic E-state index is 13.9. The van der Waals surface area contributed by atoms with Crippen molar-refractivity contribution in [1.82, 2.24) is 4.31 Å². The first-order chi connectivity index (χ1) is 9.89. The SMILES string of the molecule is NC(=S)c1c(F)cccc1S(=O)(=O)N(CCO)C1CCC1. The van der Waals surface area contributed by atoms with E-state index in [0.717, 1.165) is 25.3 Å². The molecule has 0 aliphatic heterocycles. The molecule has 0 heterocycles. The highest BCUT2D eigenvalue weighted by molar-refractivity contribution is 7.89. The van der Waals surface area contributed by atoms with Gasteiger partial charge in [0.2, 0.25) is 10.0 Å². The molecule has 0 amide bonds. The van der Waals surface area contributed by atoms with Gasteiger partial charge in [-0.25, -0.2) is 12.8 Å². The van der Waals surface area contributed by atoms with Gasteiger partial charge in [0.1, 0.15) is 10.8 Å². The lowest BCUT2D eigenvalue weighted by atomic mass is 9.93.